The van der Waals surface area contributed by atoms with Crippen LogP contribution >= 0.6 is 0 Å². The highest BCUT2D eigenvalue weighted by molar-refractivity contribution is 5.92. The van der Waals surface area contributed by atoms with Crippen molar-refractivity contribution in [3.8, 4) is 0 Å². The first-order chi connectivity index (χ1) is 10.7. The van der Waals surface area contributed by atoms with Crippen LogP contribution in [-0.2, 0) is 6.54 Å². The van der Waals surface area contributed by atoms with Crippen molar-refractivity contribution in [2.75, 3.05) is 0 Å². The van der Waals surface area contributed by atoms with Crippen LogP contribution in [0.4, 0.5) is 0 Å². The van der Waals surface area contributed by atoms with Gasteiger partial charge in [0.25, 0.3) is 5.91 Å². The van der Waals surface area contributed by atoms with Gasteiger partial charge in [0.2, 0.25) is 0 Å². The van der Waals surface area contributed by atoms with Gasteiger partial charge in [0.1, 0.15) is 11.3 Å². The molecule has 22 heavy (non-hydrogen) atoms. The van der Waals surface area contributed by atoms with Crippen molar-refractivity contribution in [2.24, 2.45) is 0 Å². The molecule has 0 radical (unpaired) electrons. The Labute approximate surface area is 127 Å². The molecule has 0 spiro atoms. The number of imidazole rings is 1. The molecule has 1 saturated carbocycles. The second kappa shape index (κ2) is 4.98. The second-order valence-corrected chi connectivity index (χ2v) is 5.87. The van der Waals surface area contributed by atoms with Crippen molar-refractivity contribution in [1.82, 2.24) is 24.9 Å². The maximum atomic E-state index is 12.2. The van der Waals surface area contributed by atoms with Crippen LogP contribution in [0.15, 0.2) is 30.6 Å². The number of nitrogens with zero attached hydrogens (tertiary/aromatic N) is 3. The van der Waals surface area contributed by atoms with Gasteiger partial charge in [-0.15, -0.1) is 0 Å². The monoisotopic (exact) mass is 295 g/mol. The first-order valence-electron chi connectivity index (χ1n) is 7.47. The number of H-pyrrole nitrogens is 1. The Hall–Kier alpha value is -2.63. The van der Waals surface area contributed by atoms with Crippen molar-refractivity contribution in [3.63, 3.8) is 0 Å². The van der Waals surface area contributed by atoms with Crippen LogP contribution < -0.4 is 5.32 Å². The highest BCUT2D eigenvalue weighted by atomic mass is 16.1. The van der Waals surface area contributed by atoms with Gasteiger partial charge in [0.15, 0.2) is 0 Å². The van der Waals surface area contributed by atoms with E-state index in [-0.39, 0.29) is 5.91 Å². The maximum Gasteiger partial charge on any atom is 0.271 e. The van der Waals surface area contributed by atoms with Crippen LogP contribution in [0.3, 0.4) is 0 Å². The van der Waals surface area contributed by atoms with E-state index in [4.69, 9.17) is 0 Å². The van der Waals surface area contributed by atoms with E-state index in [9.17, 15) is 4.79 Å². The zero-order chi connectivity index (χ0) is 15.1. The highest BCUT2D eigenvalue weighted by Gasteiger charge is 2.26. The molecule has 3 aromatic rings. The molecule has 6 nitrogen and oxygen atoms in total. The van der Waals surface area contributed by atoms with E-state index in [1.165, 1.54) is 12.8 Å². The molecule has 1 fully saturated rings. The van der Waals surface area contributed by atoms with Gasteiger partial charge >= 0.3 is 0 Å². The van der Waals surface area contributed by atoms with Crippen LogP contribution in [-0.4, -0.2) is 25.5 Å². The predicted octanol–water partition coefficient (Wildman–Crippen LogP) is 2.17. The Morgan fingerprint density at radius 3 is 3.14 bits per heavy atom. The molecule has 4 rings (SSSR count). The number of aromatic nitrogens is 4. The molecule has 0 aromatic carbocycles. The van der Waals surface area contributed by atoms with Crippen LogP contribution in [0.25, 0.3) is 5.65 Å². The summed E-state index contributed by atoms with van der Waals surface area (Å²) in [6.07, 6.45) is 6.09. The lowest BCUT2D eigenvalue weighted by Crippen LogP contribution is -2.23. The molecule has 0 saturated heterocycles. The Morgan fingerprint density at radius 1 is 1.45 bits per heavy atom. The second-order valence-electron chi connectivity index (χ2n) is 5.87. The van der Waals surface area contributed by atoms with Crippen molar-refractivity contribution in [1.29, 1.82) is 0 Å². The molecule has 1 amide bonds. The molecule has 0 aliphatic heterocycles. The van der Waals surface area contributed by atoms with E-state index in [1.54, 1.807) is 6.20 Å². The fourth-order valence-corrected chi connectivity index (χ4v) is 2.52. The molecule has 112 valence electrons. The topological polar surface area (TPSA) is 75.1 Å². The molecule has 6 heteroatoms. The normalized spacial score (nSPS) is 14.4. The summed E-state index contributed by atoms with van der Waals surface area (Å²) >= 11 is 0. The Balaban J connectivity index is 1.45. The summed E-state index contributed by atoms with van der Waals surface area (Å²) in [6.45, 7) is 2.44. The molecule has 1 aliphatic carbocycles. The highest BCUT2D eigenvalue weighted by Crippen LogP contribution is 2.38. The summed E-state index contributed by atoms with van der Waals surface area (Å²) in [4.78, 5) is 16.6. The fraction of sp³-hybridized carbons (Fsp3) is 0.312. The Morgan fingerprint density at radius 2 is 2.32 bits per heavy atom. The number of hydrogen-bond donors (Lipinski definition) is 2. The average Bonchev–Trinajstić information content (AvgIpc) is 3.10. The van der Waals surface area contributed by atoms with Gasteiger partial charge in [-0.1, -0.05) is 0 Å². The lowest BCUT2D eigenvalue weighted by Gasteiger charge is -1.99. The van der Waals surface area contributed by atoms with Gasteiger partial charge in [0, 0.05) is 18.3 Å². The molecule has 0 bridgehead atoms. The molecular formula is C16H17N5O. The number of nitrogens with one attached hydrogen (secondary N) is 2. The Kier molecular flexibility index (Phi) is 2.96. The minimum Gasteiger partial charge on any atom is -0.345 e. The molecule has 0 atom stereocenters. The van der Waals surface area contributed by atoms with E-state index in [2.05, 4.69) is 20.5 Å². The third-order valence-corrected chi connectivity index (χ3v) is 3.93. The fourth-order valence-electron chi connectivity index (χ4n) is 2.52. The molecule has 1 aliphatic rings. The van der Waals surface area contributed by atoms with E-state index in [0.29, 0.717) is 18.2 Å². The zero-order valence-corrected chi connectivity index (χ0v) is 12.3. The van der Waals surface area contributed by atoms with Crippen molar-refractivity contribution in [2.45, 2.75) is 32.2 Å². The number of aryl methyl sites for hydroxylation is 1. The van der Waals surface area contributed by atoms with E-state index < -0.39 is 0 Å². The summed E-state index contributed by atoms with van der Waals surface area (Å²) < 4.78 is 1.85. The summed E-state index contributed by atoms with van der Waals surface area (Å²) in [5, 5.41) is 10.1. The minimum absolute atomic E-state index is 0.177. The lowest BCUT2D eigenvalue weighted by atomic mass is 10.2. The van der Waals surface area contributed by atoms with Gasteiger partial charge in [-0.25, -0.2) is 4.98 Å². The summed E-state index contributed by atoms with van der Waals surface area (Å²) in [5.74, 6) is 0.436. The third-order valence-electron chi connectivity index (χ3n) is 3.93. The standard InChI is InChI=1S/C16H17N5O/c1-10-4-5-21-9-14(18-15(21)6-10)16(22)17-8-12-7-13(20-19-12)11-2-3-11/h4-7,9,11H,2-3,8H2,1H3,(H,17,22)(H,19,20). The molecule has 3 heterocycles. The van der Waals surface area contributed by atoms with Gasteiger partial charge in [-0.3, -0.25) is 9.89 Å². The number of hydrogen-bond acceptors (Lipinski definition) is 3. The quantitative estimate of drug-likeness (QED) is 0.774. The van der Waals surface area contributed by atoms with Crippen molar-refractivity contribution in [3.05, 3.63) is 53.2 Å². The molecular weight excluding hydrogens is 278 g/mol. The first-order valence-corrected chi connectivity index (χ1v) is 7.47. The number of aromatic amines is 1. The number of carbonyl (C=O) groups excluding carboxylic acids is 1. The largest absolute Gasteiger partial charge is 0.345 e. The smallest absolute Gasteiger partial charge is 0.271 e. The predicted molar refractivity (Wildman–Crippen MR) is 81.7 cm³/mol. The zero-order valence-electron chi connectivity index (χ0n) is 12.3. The number of pyridine rings is 1. The van der Waals surface area contributed by atoms with Crippen molar-refractivity contribution < 1.29 is 4.79 Å². The summed E-state index contributed by atoms with van der Waals surface area (Å²) in [6, 6.07) is 5.97. The number of carbonyl (C=O) groups is 1. The molecule has 3 aromatic heterocycles. The van der Waals surface area contributed by atoms with E-state index >= 15 is 0 Å². The maximum absolute atomic E-state index is 12.2. The van der Waals surface area contributed by atoms with Gasteiger partial charge in [-0.05, 0) is 43.5 Å². The van der Waals surface area contributed by atoms with Gasteiger partial charge < -0.3 is 9.72 Å². The summed E-state index contributed by atoms with van der Waals surface area (Å²) in [7, 11) is 0. The van der Waals surface area contributed by atoms with Crippen LogP contribution in [0.2, 0.25) is 0 Å². The Bertz CT molecular complexity index is 843. The molecule has 0 unspecified atom stereocenters. The van der Waals surface area contributed by atoms with Crippen molar-refractivity contribution >= 4 is 11.6 Å². The SMILES string of the molecule is Cc1ccn2cc(C(=O)NCc3cc(C4CC4)n[nH]3)nc2c1. The lowest BCUT2D eigenvalue weighted by molar-refractivity contribution is 0.0946. The average molecular weight is 295 g/mol. The minimum atomic E-state index is -0.177. The van der Waals surface area contributed by atoms with Crippen LogP contribution in [0.1, 0.15) is 46.2 Å². The number of fused-ring (bicyclic) bond motifs is 1. The number of rotatable bonds is 4. The van der Waals surface area contributed by atoms with Crippen LogP contribution in [0, 0.1) is 6.92 Å². The molecule has 2 N–H and O–H groups in total. The first kappa shape index (κ1) is 13.1. The van der Waals surface area contributed by atoms with Crippen LogP contribution in [0.5, 0.6) is 0 Å². The van der Waals surface area contributed by atoms with E-state index in [0.717, 1.165) is 22.6 Å². The summed E-state index contributed by atoms with van der Waals surface area (Å²) in [5.41, 5.74) is 4.35. The van der Waals surface area contributed by atoms with Gasteiger partial charge in [0.05, 0.1) is 17.9 Å². The third kappa shape index (κ3) is 2.47. The van der Waals surface area contributed by atoms with Gasteiger partial charge in [-0.2, -0.15) is 5.10 Å². The number of amides is 1. The van der Waals surface area contributed by atoms with E-state index in [1.807, 2.05) is 35.7 Å².